The summed E-state index contributed by atoms with van der Waals surface area (Å²) >= 11 is 0. The number of pyridine rings is 1. The Hall–Kier alpha value is -5.03. The number of benzene rings is 3. The molecule has 0 unspecified atom stereocenters. The summed E-state index contributed by atoms with van der Waals surface area (Å²) in [5, 5.41) is 27.2. The van der Waals surface area contributed by atoms with Gasteiger partial charge < -0.3 is 5.11 Å². The third kappa shape index (κ3) is 3.28. The van der Waals surface area contributed by atoms with Crippen molar-refractivity contribution < 1.29 is 14.7 Å². The molecule has 0 bridgehead atoms. The fraction of sp³-hybridized carbons (Fsp3) is 0.138. The fourth-order valence-electron chi connectivity index (χ4n) is 5.26. The normalized spacial score (nSPS) is 14.1. The topological polar surface area (TPSA) is 116 Å². The van der Waals surface area contributed by atoms with Crippen LogP contribution in [0.15, 0.2) is 64.5 Å². The molecule has 1 aliphatic carbocycles. The molecule has 8 nitrogen and oxygen atoms in total. The number of hydrazone groups is 1. The number of aromatic nitrogens is 1. The number of hydrogen-bond acceptors (Lipinski definition) is 6. The molecule has 8 heteroatoms. The minimum atomic E-state index is -0.638. The minimum absolute atomic E-state index is 0.0307. The van der Waals surface area contributed by atoms with Gasteiger partial charge in [0.15, 0.2) is 0 Å². The second-order valence-electron chi connectivity index (χ2n) is 9.19. The van der Waals surface area contributed by atoms with Crippen LogP contribution in [0.2, 0.25) is 0 Å². The predicted octanol–water partition coefficient (Wildman–Crippen LogP) is 3.66. The Labute approximate surface area is 211 Å². The van der Waals surface area contributed by atoms with Gasteiger partial charge in [0.1, 0.15) is 11.6 Å². The molecular weight excluding hydrogens is 468 g/mol. The molecule has 2 amide bonds. The van der Waals surface area contributed by atoms with E-state index in [1.54, 1.807) is 36.4 Å². The van der Waals surface area contributed by atoms with Crippen molar-refractivity contribution in [3.63, 3.8) is 0 Å². The summed E-state index contributed by atoms with van der Waals surface area (Å²) < 4.78 is 1.08. The van der Waals surface area contributed by atoms with Gasteiger partial charge in [-0.3, -0.25) is 19.0 Å². The summed E-state index contributed by atoms with van der Waals surface area (Å²) in [6, 6.07) is 18.2. The van der Waals surface area contributed by atoms with Gasteiger partial charge in [-0.2, -0.15) is 15.4 Å². The van der Waals surface area contributed by atoms with Crippen LogP contribution in [0.3, 0.4) is 0 Å². The summed E-state index contributed by atoms with van der Waals surface area (Å²) in [4.78, 5) is 39.6. The van der Waals surface area contributed by atoms with E-state index in [-0.39, 0.29) is 23.2 Å². The smallest absolute Gasteiger partial charge is 0.282 e. The highest BCUT2D eigenvalue weighted by atomic mass is 16.3. The zero-order valence-electron chi connectivity index (χ0n) is 19.9. The van der Waals surface area contributed by atoms with Crippen molar-refractivity contribution in [1.82, 2.24) is 9.58 Å². The summed E-state index contributed by atoms with van der Waals surface area (Å²) in [5.74, 6) is -1.55. The molecule has 0 saturated carbocycles. The molecule has 0 fully saturated rings. The molecule has 6 rings (SSSR count). The molecule has 0 spiro atoms. The molecule has 2 aliphatic rings. The first-order chi connectivity index (χ1) is 17.9. The zero-order chi connectivity index (χ0) is 25.8. The lowest BCUT2D eigenvalue weighted by Gasteiger charge is -2.24. The number of hydrogen-bond donors (Lipinski definition) is 1. The van der Waals surface area contributed by atoms with Gasteiger partial charge in [0.25, 0.3) is 17.4 Å². The number of nitrogens with zero attached hydrogens (tertiary/aromatic N) is 4. The van der Waals surface area contributed by atoms with E-state index >= 15 is 0 Å². The van der Waals surface area contributed by atoms with Gasteiger partial charge >= 0.3 is 0 Å². The van der Waals surface area contributed by atoms with Crippen LogP contribution >= 0.6 is 0 Å². The standard InChI is InChI=1S/C29H20N4O4/c1-16-22(13-30)26(34)32(15-17-5-3-2-4-6-17)27(35)23(16)14-31-33-28(36)20-11-9-18-7-8-19-10-12-21(29(33)37)25(20)24(18)19/h2-6,9-12,14,35H,7-8,15H2,1H3/b31-14+. The van der Waals surface area contributed by atoms with Crippen molar-refractivity contribution in [2.75, 3.05) is 0 Å². The molecule has 1 N–H and O–H groups in total. The van der Waals surface area contributed by atoms with E-state index in [9.17, 15) is 24.8 Å². The third-order valence-corrected chi connectivity index (χ3v) is 7.17. The molecule has 1 aliphatic heterocycles. The van der Waals surface area contributed by atoms with Crippen molar-refractivity contribution in [1.29, 1.82) is 5.26 Å². The lowest BCUT2D eigenvalue weighted by molar-refractivity contribution is 0.0616. The first-order valence-electron chi connectivity index (χ1n) is 11.8. The van der Waals surface area contributed by atoms with Gasteiger partial charge in [-0.05, 0) is 59.5 Å². The van der Waals surface area contributed by atoms with E-state index in [1.807, 2.05) is 24.3 Å². The van der Waals surface area contributed by atoms with Crippen molar-refractivity contribution in [2.45, 2.75) is 26.3 Å². The van der Waals surface area contributed by atoms with E-state index < -0.39 is 23.3 Å². The van der Waals surface area contributed by atoms with Crippen LogP contribution in [0.1, 0.15) is 54.1 Å². The minimum Gasteiger partial charge on any atom is -0.494 e. The maximum absolute atomic E-state index is 13.4. The van der Waals surface area contributed by atoms with Crippen molar-refractivity contribution in [2.24, 2.45) is 5.10 Å². The molecular formula is C29H20N4O4. The predicted molar refractivity (Wildman–Crippen MR) is 137 cm³/mol. The van der Waals surface area contributed by atoms with Gasteiger partial charge in [0.2, 0.25) is 5.88 Å². The zero-order valence-corrected chi connectivity index (χ0v) is 19.9. The van der Waals surface area contributed by atoms with E-state index in [2.05, 4.69) is 5.10 Å². The fourth-order valence-corrected chi connectivity index (χ4v) is 5.26. The molecule has 0 radical (unpaired) electrons. The summed E-state index contributed by atoms with van der Waals surface area (Å²) in [6.45, 7) is 1.55. The van der Waals surface area contributed by atoms with Crippen LogP contribution in [-0.2, 0) is 19.4 Å². The molecule has 180 valence electrons. The van der Waals surface area contributed by atoms with Gasteiger partial charge in [-0.1, -0.05) is 42.5 Å². The van der Waals surface area contributed by atoms with E-state index in [4.69, 9.17) is 0 Å². The lowest BCUT2D eigenvalue weighted by atomic mass is 9.92. The number of nitriles is 1. The van der Waals surface area contributed by atoms with Crippen LogP contribution in [0.5, 0.6) is 5.88 Å². The molecule has 4 aromatic rings. The van der Waals surface area contributed by atoms with E-state index in [0.29, 0.717) is 16.5 Å². The summed E-state index contributed by atoms with van der Waals surface area (Å²) in [7, 11) is 0. The first-order valence-corrected chi connectivity index (χ1v) is 11.8. The van der Waals surface area contributed by atoms with Crippen molar-refractivity contribution >= 4 is 28.8 Å². The Morgan fingerprint density at radius 2 is 1.57 bits per heavy atom. The van der Waals surface area contributed by atoms with Crippen molar-refractivity contribution in [3.05, 3.63) is 109 Å². The number of carbonyl (C=O) groups is 2. The maximum atomic E-state index is 13.4. The Morgan fingerprint density at radius 1 is 0.946 bits per heavy atom. The van der Waals surface area contributed by atoms with E-state index in [1.165, 1.54) is 6.92 Å². The Kier molecular flexibility index (Phi) is 5.02. The van der Waals surface area contributed by atoms with Crippen LogP contribution in [0.25, 0.3) is 10.8 Å². The van der Waals surface area contributed by atoms with Gasteiger partial charge in [-0.15, -0.1) is 0 Å². The van der Waals surface area contributed by atoms with E-state index in [0.717, 1.165) is 50.7 Å². The second-order valence-corrected chi connectivity index (χ2v) is 9.19. The molecule has 2 heterocycles. The highest BCUT2D eigenvalue weighted by Crippen LogP contribution is 2.38. The molecule has 0 saturated heterocycles. The number of imide groups is 1. The Morgan fingerprint density at radius 3 is 2.16 bits per heavy atom. The maximum Gasteiger partial charge on any atom is 0.282 e. The average molecular weight is 489 g/mol. The van der Waals surface area contributed by atoms with Crippen LogP contribution in [0.4, 0.5) is 0 Å². The lowest BCUT2D eigenvalue weighted by Crippen LogP contribution is -2.36. The quantitative estimate of drug-likeness (QED) is 0.348. The first kappa shape index (κ1) is 22.4. The van der Waals surface area contributed by atoms with Crippen LogP contribution in [-0.4, -0.2) is 32.7 Å². The second kappa shape index (κ2) is 8.28. The van der Waals surface area contributed by atoms with Crippen LogP contribution in [0, 0.1) is 18.3 Å². The molecule has 0 atom stereocenters. The van der Waals surface area contributed by atoms with Gasteiger partial charge in [0.05, 0.1) is 29.4 Å². The Balaban J connectivity index is 1.45. The molecule has 37 heavy (non-hydrogen) atoms. The number of amides is 2. The highest BCUT2D eigenvalue weighted by Gasteiger charge is 2.35. The number of aryl methyl sites for hydroxylation is 2. The van der Waals surface area contributed by atoms with Crippen LogP contribution < -0.4 is 5.56 Å². The number of carbonyl (C=O) groups excluding carboxylic acids is 2. The largest absolute Gasteiger partial charge is 0.494 e. The monoisotopic (exact) mass is 488 g/mol. The summed E-state index contributed by atoms with van der Waals surface area (Å²) in [5.41, 5.74) is 3.27. The Bertz CT molecular complexity index is 1740. The average Bonchev–Trinajstić information content (AvgIpc) is 3.33. The van der Waals surface area contributed by atoms with Gasteiger partial charge in [-0.25, -0.2) is 0 Å². The van der Waals surface area contributed by atoms with Crippen molar-refractivity contribution in [3.8, 4) is 11.9 Å². The SMILES string of the molecule is Cc1c(/C=N/N2C(=O)c3ccc4c5c(ccc(c35)C2=O)CC4)c(O)n(Cc2ccccc2)c(=O)c1C#N. The molecule has 1 aromatic heterocycles. The van der Waals surface area contributed by atoms with Gasteiger partial charge in [0, 0.05) is 5.39 Å². The number of rotatable bonds is 4. The number of aromatic hydroxyl groups is 1. The summed E-state index contributed by atoms with van der Waals surface area (Å²) in [6.07, 6.45) is 2.90. The third-order valence-electron chi connectivity index (χ3n) is 7.17. The highest BCUT2D eigenvalue weighted by molar-refractivity contribution is 6.26. The molecule has 3 aromatic carbocycles.